The maximum absolute atomic E-state index is 12.8. The van der Waals surface area contributed by atoms with Gasteiger partial charge in [0.05, 0.1) is 36.8 Å². The van der Waals surface area contributed by atoms with E-state index in [1.165, 1.54) is 0 Å². The molecule has 8 heteroatoms. The molecule has 1 amide bonds. The molecule has 1 unspecified atom stereocenters. The second-order valence-corrected chi connectivity index (χ2v) is 6.01. The smallest absolute Gasteiger partial charge is 0.272 e. The fourth-order valence-corrected chi connectivity index (χ4v) is 2.90. The first-order valence-corrected chi connectivity index (χ1v) is 8.22. The van der Waals surface area contributed by atoms with Gasteiger partial charge >= 0.3 is 0 Å². The van der Waals surface area contributed by atoms with Crippen molar-refractivity contribution in [3.05, 3.63) is 47.0 Å². The predicted molar refractivity (Wildman–Crippen MR) is 88.6 cm³/mol. The third-order valence-corrected chi connectivity index (χ3v) is 4.15. The molecule has 0 aliphatic carbocycles. The van der Waals surface area contributed by atoms with Gasteiger partial charge in [-0.2, -0.15) is 5.10 Å². The monoisotopic (exact) mass is 346 g/mol. The Morgan fingerprint density at radius 3 is 3.00 bits per heavy atom. The van der Waals surface area contributed by atoms with Crippen molar-refractivity contribution in [3.8, 4) is 0 Å². The SMILES string of the molecule is COCc1cccc(C(=O)N2CCCn3nc(C(O)CO)cc3C2)n1. The van der Waals surface area contributed by atoms with Gasteiger partial charge < -0.3 is 19.8 Å². The number of aliphatic hydroxyl groups is 2. The zero-order valence-corrected chi connectivity index (χ0v) is 14.1. The molecule has 8 nitrogen and oxygen atoms in total. The maximum atomic E-state index is 12.8. The van der Waals surface area contributed by atoms with Gasteiger partial charge in [-0.15, -0.1) is 0 Å². The Kier molecular flexibility index (Phi) is 5.42. The highest BCUT2D eigenvalue weighted by molar-refractivity contribution is 5.92. The highest BCUT2D eigenvalue weighted by atomic mass is 16.5. The van der Waals surface area contributed by atoms with Gasteiger partial charge in [0.2, 0.25) is 0 Å². The average Bonchev–Trinajstić information content (AvgIpc) is 2.92. The first-order chi connectivity index (χ1) is 12.1. The van der Waals surface area contributed by atoms with Crippen molar-refractivity contribution in [2.45, 2.75) is 32.2 Å². The van der Waals surface area contributed by atoms with E-state index >= 15 is 0 Å². The number of amides is 1. The van der Waals surface area contributed by atoms with Gasteiger partial charge in [-0.1, -0.05) is 6.07 Å². The number of rotatable bonds is 5. The second kappa shape index (κ2) is 7.73. The summed E-state index contributed by atoms with van der Waals surface area (Å²) in [7, 11) is 1.59. The molecule has 2 N–H and O–H groups in total. The van der Waals surface area contributed by atoms with Crippen LogP contribution < -0.4 is 0 Å². The van der Waals surface area contributed by atoms with Gasteiger partial charge in [0.25, 0.3) is 5.91 Å². The normalized spacial score (nSPS) is 15.6. The Bertz CT molecular complexity index is 746. The molecule has 0 saturated carbocycles. The molecule has 0 fully saturated rings. The summed E-state index contributed by atoms with van der Waals surface area (Å²) in [6.07, 6.45) is -0.247. The van der Waals surface area contributed by atoms with Crippen molar-refractivity contribution in [1.29, 1.82) is 0 Å². The van der Waals surface area contributed by atoms with E-state index in [0.717, 1.165) is 12.1 Å². The summed E-state index contributed by atoms with van der Waals surface area (Å²) in [5.74, 6) is -0.142. The molecule has 2 aromatic heterocycles. The highest BCUT2D eigenvalue weighted by Crippen LogP contribution is 2.19. The van der Waals surface area contributed by atoms with Crippen LogP contribution in [0.5, 0.6) is 0 Å². The Morgan fingerprint density at radius 2 is 2.24 bits per heavy atom. The van der Waals surface area contributed by atoms with Crippen LogP contribution in [0.2, 0.25) is 0 Å². The Morgan fingerprint density at radius 1 is 1.40 bits per heavy atom. The quantitative estimate of drug-likeness (QED) is 0.817. The summed E-state index contributed by atoms with van der Waals surface area (Å²) in [4.78, 5) is 18.9. The largest absolute Gasteiger partial charge is 0.393 e. The Labute approximate surface area is 145 Å². The van der Waals surface area contributed by atoms with E-state index in [0.29, 0.717) is 43.3 Å². The molecule has 1 aliphatic rings. The van der Waals surface area contributed by atoms with E-state index in [-0.39, 0.29) is 12.5 Å². The molecule has 3 heterocycles. The first-order valence-electron chi connectivity index (χ1n) is 8.22. The first kappa shape index (κ1) is 17.5. The van der Waals surface area contributed by atoms with Crippen LogP contribution >= 0.6 is 0 Å². The highest BCUT2D eigenvalue weighted by Gasteiger charge is 2.24. The minimum Gasteiger partial charge on any atom is -0.393 e. The average molecular weight is 346 g/mol. The van der Waals surface area contributed by atoms with Gasteiger partial charge in [0.15, 0.2) is 0 Å². The van der Waals surface area contributed by atoms with Crippen LogP contribution in [0, 0.1) is 0 Å². The molecule has 0 aromatic carbocycles. The maximum Gasteiger partial charge on any atom is 0.272 e. The summed E-state index contributed by atoms with van der Waals surface area (Å²) in [6, 6.07) is 7.05. The van der Waals surface area contributed by atoms with E-state index in [1.807, 2.05) is 6.07 Å². The van der Waals surface area contributed by atoms with Crippen LogP contribution in [0.3, 0.4) is 0 Å². The lowest BCUT2D eigenvalue weighted by molar-refractivity contribution is 0.0738. The number of carbonyl (C=O) groups is 1. The zero-order chi connectivity index (χ0) is 17.8. The summed E-state index contributed by atoms with van der Waals surface area (Å²) in [5, 5.41) is 23.2. The van der Waals surface area contributed by atoms with E-state index in [4.69, 9.17) is 9.84 Å². The molecule has 0 radical (unpaired) electrons. The van der Waals surface area contributed by atoms with Crippen LogP contribution in [0.1, 0.15) is 40.1 Å². The van der Waals surface area contributed by atoms with Crippen LogP contribution in [0.15, 0.2) is 24.3 Å². The number of aryl methyl sites for hydroxylation is 1. The lowest BCUT2D eigenvalue weighted by atomic mass is 10.2. The van der Waals surface area contributed by atoms with Gasteiger partial charge in [-0.05, 0) is 24.6 Å². The standard InChI is InChI=1S/C17H22N4O4/c1-25-11-12-4-2-5-14(18-12)17(24)20-6-3-7-21-13(9-20)8-15(19-21)16(23)10-22/h2,4-5,8,16,22-23H,3,6-7,9-11H2,1H3. The van der Waals surface area contributed by atoms with Crippen LogP contribution in [-0.2, 0) is 24.4 Å². The van der Waals surface area contributed by atoms with E-state index in [2.05, 4.69) is 10.1 Å². The van der Waals surface area contributed by atoms with Gasteiger partial charge in [0, 0.05) is 20.2 Å². The number of aromatic nitrogens is 3. The molecule has 1 atom stereocenters. The molecule has 134 valence electrons. The summed E-state index contributed by atoms with van der Waals surface area (Å²) in [5.41, 5.74) is 2.35. The third kappa shape index (κ3) is 3.87. The summed E-state index contributed by atoms with van der Waals surface area (Å²) >= 11 is 0. The number of hydrogen-bond acceptors (Lipinski definition) is 6. The second-order valence-electron chi connectivity index (χ2n) is 6.01. The molecular formula is C17H22N4O4. The van der Waals surface area contributed by atoms with E-state index < -0.39 is 6.10 Å². The zero-order valence-electron chi connectivity index (χ0n) is 14.1. The molecule has 3 rings (SSSR count). The molecular weight excluding hydrogens is 324 g/mol. The van der Waals surface area contributed by atoms with E-state index in [1.54, 1.807) is 34.9 Å². The number of carbonyl (C=O) groups excluding carboxylic acids is 1. The summed E-state index contributed by atoms with van der Waals surface area (Å²) < 4.78 is 6.86. The fourth-order valence-electron chi connectivity index (χ4n) is 2.90. The van der Waals surface area contributed by atoms with Gasteiger partial charge in [0.1, 0.15) is 11.8 Å². The van der Waals surface area contributed by atoms with Gasteiger partial charge in [-0.25, -0.2) is 4.98 Å². The van der Waals surface area contributed by atoms with Crippen molar-refractivity contribution in [2.24, 2.45) is 0 Å². The topological polar surface area (TPSA) is 101 Å². The molecule has 0 saturated heterocycles. The number of nitrogens with zero attached hydrogens (tertiary/aromatic N) is 4. The number of ether oxygens (including phenoxy) is 1. The third-order valence-electron chi connectivity index (χ3n) is 4.15. The fraction of sp³-hybridized carbons (Fsp3) is 0.471. The number of pyridine rings is 1. The minimum absolute atomic E-state index is 0.142. The number of methoxy groups -OCH3 is 1. The molecule has 0 spiro atoms. The van der Waals surface area contributed by atoms with Crippen molar-refractivity contribution < 1.29 is 19.7 Å². The minimum atomic E-state index is -1.00. The lowest BCUT2D eigenvalue weighted by Gasteiger charge is -2.19. The van der Waals surface area contributed by atoms with Crippen molar-refractivity contribution in [3.63, 3.8) is 0 Å². The number of aliphatic hydroxyl groups excluding tert-OH is 2. The molecule has 0 bridgehead atoms. The summed E-state index contributed by atoms with van der Waals surface area (Å²) in [6.45, 7) is 1.64. The predicted octanol–water partition coefficient (Wildman–Crippen LogP) is 0.496. The van der Waals surface area contributed by atoms with Crippen LogP contribution in [0.25, 0.3) is 0 Å². The molecule has 1 aliphatic heterocycles. The van der Waals surface area contributed by atoms with Gasteiger partial charge in [-0.3, -0.25) is 9.48 Å². The number of fused-ring (bicyclic) bond motifs is 1. The molecule has 2 aromatic rings. The number of hydrogen-bond donors (Lipinski definition) is 2. The van der Waals surface area contributed by atoms with Crippen molar-refractivity contribution in [2.75, 3.05) is 20.3 Å². The van der Waals surface area contributed by atoms with E-state index in [9.17, 15) is 9.90 Å². The lowest BCUT2D eigenvalue weighted by Crippen LogP contribution is -2.31. The van der Waals surface area contributed by atoms with Crippen molar-refractivity contribution >= 4 is 5.91 Å². The van der Waals surface area contributed by atoms with Crippen LogP contribution in [0.4, 0.5) is 0 Å². The Hall–Kier alpha value is -2.29. The van der Waals surface area contributed by atoms with Crippen molar-refractivity contribution in [1.82, 2.24) is 19.7 Å². The van der Waals surface area contributed by atoms with Crippen LogP contribution in [-0.4, -0.2) is 56.0 Å². The Balaban J connectivity index is 1.80. The molecule has 25 heavy (non-hydrogen) atoms.